The van der Waals surface area contributed by atoms with Crippen molar-refractivity contribution in [2.45, 2.75) is 31.4 Å². The molecule has 2 aliphatic rings. The summed E-state index contributed by atoms with van der Waals surface area (Å²) in [6.45, 7) is 1.95. The van der Waals surface area contributed by atoms with Crippen LogP contribution in [0.2, 0.25) is 5.02 Å². The Kier molecular flexibility index (Phi) is 5.16. The van der Waals surface area contributed by atoms with E-state index >= 15 is 0 Å². The molecule has 8 nitrogen and oxygen atoms in total. The molecule has 1 aromatic carbocycles. The third kappa shape index (κ3) is 3.52. The quantitative estimate of drug-likeness (QED) is 0.338. The summed E-state index contributed by atoms with van der Waals surface area (Å²) in [4.78, 5) is 26.1. The van der Waals surface area contributed by atoms with Gasteiger partial charge in [-0.15, -0.1) is 0 Å². The van der Waals surface area contributed by atoms with Crippen LogP contribution in [0.4, 0.5) is 11.4 Å². The standard InChI is InChI=1S/C26H24ClN5O3/c1-12(34-2)16-7-8-17-21(29-16)13(9-10-28-17)23-24(30-18-6-4-5-15(27)25(18)35-3)20-22(32-23)14-11-19(14)31-26(20)33/h4-10,12,14,19,30,32H,11H2,1-3H3,(H,31,33)/t12-,14-,19+/m1/s1. The molecule has 35 heavy (non-hydrogen) atoms. The second-order valence-corrected chi connectivity index (χ2v) is 9.28. The molecule has 3 N–H and O–H groups in total. The minimum atomic E-state index is -0.171. The lowest BCUT2D eigenvalue weighted by Gasteiger charge is -2.17. The summed E-state index contributed by atoms with van der Waals surface area (Å²) in [5, 5.41) is 7.03. The number of hydrogen-bond acceptors (Lipinski definition) is 6. The van der Waals surface area contributed by atoms with Crippen molar-refractivity contribution in [3.05, 3.63) is 64.6 Å². The highest BCUT2D eigenvalue weighted by Crippen LogP contribution is 2.50. The first-order chi connectivity index (χ1) is 17.0. The summed E-state index contributed by atoms with van der Waals surface area (Å²) in [5.74, 6) is 0.664. The van der Waals surface area contributed by atoms with Crippen LogP contribution in [0.1, 0.15) is 47.1 Å². The van der Waals surface area contributed by atoms with Gasteiger partial charge in [-0.2, -0.15) is 0 Å². The maximum absolute atomic E-state index is 13.2. The number of anilines is 2. The van der Waals surface area contributed by atoms with Gasteiger partial charge in [0.15, 0.2) is 5.75 Å². The van der Waals surface area contributed by atoms with E-state index in [9.17, 15) is 4.79 Å². The smallest absolute Gasteiger partial charge is 0.255 e. The molecule has 1 fully saturated rings. The monoisotopic (exact) mass is 489 g/mol. The average molecular weight is 490 g/mol. The van der Waals surface area contributed by atoms with E-state index in [1.165, 1.54) is 0 Å². The van der Waals surface area contributed by atoms with Gasteiger partial charge in [-0.3, -0.25) is 9.78 Å². The largest absolute Gasteiger partial charge is 0.493 e. The van der Waals surface area contributed by atoms with Gasteiger partial charge >= 0.3 is 0 Å². The number of carbonyl (C=O) groups excluding carboxylic acids is 1. The van der Waals surface area contributed by atoms with Crippen LogP contribution in [-0.4, -0.2) is 41.1 Å². The van der Waals surface area contributed by atoms with E-state index in [0.29, 0.717) is 27.7 Å². The van der Waals surface area contributed by atoms with Gasteiger partial charge in [0.05, 0.1) is 57.6 Å². The third-order valence-corrected chi connectivity index (χ3v) is 7.11. The van der Waals surface area contributed by atoms with Gasteiger partial charge in [0, 0.05) is 36.5 Å². The van der Waals surface area contributed by atoms with Gasteiger partial charge < -0.3 is 25.1 Å². The van der Waals surface area contributed by atoms with Crippen molar-refractivity contribution in [1.29, 1.82) is 0 Å². The number of rotatable bonds is 6. The highest BCUT2D eigenvalue weighted by atomic mass is 35.5. The minimum Gasteiger partial charge on any atom is -0.493 e. The summed E-state index contributed by atoms with van der Waals surface area (Å²) in [6.07, 6.45) is 2.50. The Balaban J connectivity index is 1.59. The zero-order valence-corrected chi connectivity index (χ0v) is 20.2. The van der Waals surface area contributed by atoms with Crippen molar-refractivity contribution < 1.29 is 14.3 Å². The van der Waals surface area contributed by atoms with E-state index in [2.05, 4.69) is 20.6 Å². The number of methoxy groups -OCH3 is 2. The van der Waals surface area contributed by atoms with E-state index < -0.39 is 0 Å². The lowest BCUT2D eigenvalue weighted by atomic mass is 10.0. The van der Waals surface area contributed by atoms with Crippen molar-refractivity contribution in [3.8, 4) is 17.0 Å². The van der Waals surface area contributed by atoms with Crippen LogP contribution < -0.4 is 15.4 Å². The van der Waals surface area contributed by atoms with Crippen molar-refractivity contribution in [3.63, 3.8) is 0 Å². The zero-order chi connectivity index (χ0) is 24.3. The lowest BCUT2D eigenvalue weighted by Crippen LogP contribution is -2.31. The van der Waals surface area contributed by atoms with Crippen molar-refractivity contribution in [1.82, 2.24) is 20.3 Å². The number of carbonyl (C=O) groups is 1. The third-order valence-electron chi connectivity index (χ3n) is 6.81. The zero-order valence-electron chi connectivity index (χ0n) is 19.5. The Morgan fingerprint density at radius 2 is 2.06 bits per heavy atom. The number of aromatic amines is 1. The fourth-order valence-electron chi connectivity index (χ4n) is 4.81. The first kappa shape index (κ1) is 21.9. The van der Waals surface area contributed by atoms with Gasteiger partial charge in [-0.1, -0.05) is 17.7 Å². The topological polar surface area (TPSA) is 101 Å². The summed E-state index contributed by atoms with van der Waals surface area (Å²) in [7, 11) is 3.23. The van der Waals surface area contributed by atoms with Crippen LogP contribution in [0.15, 0.2) is 42.6 Å². The lowest BCUT2D eigenvalue weighted by molar-refractivity contribution is 0.0944. The number of amides is 1. The maximum atomic E-state index is 13.2. The SMILES string of the molecule is COc1c(Cl)cccc1Nc1c(-c2ccnc3ccc([C@@H](C)OC)nc23)[nH]c2c1C(=O)N[C@H]1C[C@@H]21. The molecular weight excluding hydrogens is 466 g/mol. The Morgan fingerprint density at radius 3 is 2.86 bits per heavy atom. The number of H-pyrrole nitrogens is 1. The molecule has 4 aromatic rings. The molecular formula is C26H24ClN5O3. The van der Waals surface area contributed by atoms with Gasteiger partial charge in [0.2, 0.25) is 0 Å². The fraction of sp³-hybridized carbons (Fsp3) is 0.269. The summed E-state index contributed by atoms with van der Waals surface area (Å²) in [5.41, 5.74) is 6.73. The molecule has 0 saturated heterocycles. The number of nitrogens with one attached hydrogen (secondary N) is 3. The molecule has 3 atom stereocenters. The Morgan fingerprint density at radius 1 is 1.20 bits per heavy atom. The molecule has 6 rings (SSSR count). The predicted molar refractivity (Wildman–Crippen MR) is 135 cm³/mol. The first-order valence-corrected chi connectivity index (χ1v) is 11.8. The normalized spacial score (nSPS) is 19.0. The first-order valence-electron chi connectivity index (χ1n) is 11.4. The number of benzene rings is 1. The van der Waals surface area contributed by atoms with E-state index in [0.717, 1.165) is 40.1 Å². The average Bonchev–Trinajstić information content (AvgIpc) is 3.55. The molecule has 0 radical (unpaired) electrons. The van der Waals surface area contributed by atoms with E-state index in [1.54, 1.807) is 26.5 Å². The Bertz CT molecular complexity index is 1480. The molecule has 1 saturated carbocycles. The molecule has 0 spiro atoms. The predicted octanol–water partition coefficient (Wildman–Crippen LogP) is 5.34. The van der Waals surface area contributed by atoms with Crippen LogP contribution in [0.5, 0.6) is 5.75 Å². The van der Waals surface area contributed by atoms with E-state index in [4.69, 9.17) is 26.1 Å². The van der Waals surface area contributed by atoms with Crippen molar-refractivity contribution in [2.75, 3.05) is 19.5 Å². The second kappa shape index (κ2) is 8.25. The highest BCUT2D eigenvalue weighted by molar-refractivity contribution is 6.32. The minimum absolute atomic E-state index is 0.107. The van der Waals surface area contributed by atoms with Crippen LogP contribution in [-0.2, 0) is 4.74 Å². The second-order valence-electron chi connectivity index (χ2n) is 8.87. The molecule has 1 amide bonds. The van der Waals surface area contributed by atoms with Gasteiger partial charge in [0.1, 0.15) is 0 Å². The van der Waals surface area contributed by atoms with Crippen LogP contribution >= 0.6 is 11.6 Å². The number of pyridine rings is 2. The van der Waals surface area contributed by atoms with E-state index in [-0.39, 0.29) is 24.0 Å². The van der Waals surface area contributed by atoms with Crippen LogP contribution in [0.3, 0.4) is 0 Å². The van der Waals surface area contributed by atoms with Crippen molar-refractivity contribution in [2.24, 2.45) is 0 Å². The number of halogens is 1. The maximum Gasteiger partial charge on any atom is 0.255 e. The van der Waals surface area contributed by atoms with Crippen molar-refractivity contribution >= 4 is 39.9 Å². The van der Waals surface area contributed by atoms with Crippen LogP contribution in [0, 0.1) is 0 Å². The van der Waals surface area contributed by atoms with Gasteiger partial charge in [-0.25, -0.2) is 4.98 Å². The molecule has 3 aromatic heterocycles. The molecule has 9 heteroatoms. The van der Waals surface area contributed by atoms with Gasteiger partial charge in [-0.05, 0) is 43.7 Å². The summed E-state index contributed by atoms with van der Waals surface area (Å²) in [6, 6.07) is 11.4. The number of para-hydroxylation sites is 1. The fourth-order valence-corrected chi connectivity index (χ4v) is 5.06. The summed E-state index contributed by atoms with van der Waals surface area (Å²) >= 11 is 6.39. The highest BCUT2D eigenvalue weighted by Gasteiger charge is 2.48. The summed E-state index contributed by atoms with van der Waals surface area (Å²) < 4.78 is 11.0. The Hall–Kier alpha value is -3.62. The van der Waals surface area contributed by atoms with Crippen LogP contribution in [0.25, 0.3) is 22.3 Å². The number of nitrogens with zero attached hydrogens (tertiary/aromatic N) is 2. The Labute approximate surface area is 207 Å². The molecule has 4 heterocycles. The molecule has 1 aliphatic carbocycles. The van der Waals surface area contributed by atoms with Gasteiger partial charge in [0.25, 0.3) is 5.91 Å². The molecule has 0 bridgehead atoms. The van der Waals surface area contributed by atoms with E-state index in [1.807, 2.05) is 37.3 Å². The number of fused-ring (bicyclic) bond motifs is 4. The number of aromatic nitrogens is 3. The molecule has 1 aliphatic heterocycles. The number of hydrogen-bond donors (Lipinski definition) is 3. The molecule has 0 unspecified atom stereocenters. The molecule has 178 valence electrons. The number of ether oxygens (including phenoxy) is 2.